The standard InChI is InChI=1S/C9H6FNO3/c1-5(12)14-9-2-6(4-11)7(10)3-8(9)13/h2-3,13H,1H3. The van der Waals surface area contributed by atoms with E-state index in [0.717, 1.165) is 19.1 Å². The average molecular weight is 195 g/mol. The van der Waals surface area contributed by atoms with Gasteiger partial charge in [0.1, 0.15) is 11.9 Å². The van der Waals surface area contributed by atoms with E-state index in [0.29, 0.717) is 0 Å². The number of carbonyl (C=O) groups is 1. The monoisotopic (exact) mass is 195 g/mol. The van der Waals surface area contributed by atoms with Crippen LogP contribution in [0.3, 0.4) is 0 Å². The molecule has 0 atom stereocenters. The molecule has 5 heteroatoms. The number of rotatable bonds is 1. The molecular formula is C9H6FNO3. The molecule has 0 saturated carbocycles. The number of nitriles is 1. The van der Waals surface area contributed by atoms with Gasteiger partial charge in [-0.25, -0.2) is 4.39 Å². The molecule has 0 spiro atoms. The zero-order valence-electron chi connectivity index (χ0n) is 7.24. The van der Waals surface area contributed by atoms with E-state index >= 15 is 0 Å². The first-order valence-corrected chi connectivity index (χ1v) is 3.65. The van der Waals surface area contributed by atoms with Crippen molar-refractivity contribution in [3.8, 4) is 17.6 Å². The van der Waals surface area contributed by atoms with Crippen molar-refractivity contribution in [2.24, 2.45) is 0 Å². The van der Waals surface area contributed by atoms with Crippen LogP contribution in [0.4, 0.5) is 4.39 Å². The number of carbonyl (C=O) groups excluding carboxylic acids is 1. The van der Waals surface area contributed by atoms with E-state index in [-0.39, 0.29) is 11.3 Å². The van der Waals surface area contributed by atoms with Gasteiger partial charge in [-0.15, -0.1) is 0 Å². The predicted molar refractivity (Wildman–Crippen MR) is 44.1 cm³/mol. The molecule has 1 aromatic rings. The minimum absolute atomic E-state index is 0.226. The fourth-order valence-electron chi connectivity index (χ4n) is 0.865. The molecule has 14 heavy (non-hydrogen) atoms. The van der Waals surface area contributed by atoms with Gasteiger partial charge in [-0.3, -0.25) is 4.79 Å². The summed E-state index contributed by atoms with van der Waals surface area (Å²) in [7, 11) is 0. The van der Waals surface area contributed by atoms with E-state index in [1.54, 1.807) is 6.07 Å². The van der Waals surface area contributed by atoms with E-state index < -0.39 is 17.5 Å². The normalized spacial score (nSPS) is 9.21. The molecule has 0 radical (unpaired) electrons. The lowest BCUT2D eigenvalue weighted by Crippen LogP contribution is -2.02. The Morgan fingerprint density at radius 3 is 2.79 bits per heavy atom. The molecule has 0 unspecified atom stereocenters. The first kappa shape index (κ1) is 9.99. The third-order valence-electron chi connectivity index (χ3n) is 1.42. The summed E-state index contributed by atoms with van der Waals surface area (Å²) in [6, 6.07) is 3.24. The number of hydrogen-bond acceptors (Lipinski definition) is 4. The maximum absolute atomic E-state index is 12.8. The van der Waals surface area contributed by atoms with Crippen LogP contribution in [0.25, 0.3) is 0 Å². The van der Waals surface area contributed by atoms with Gasteiger partial charge >= 0.3 is 5.97 Å². The van der Waals surface area contributed by atoms with E-state index in [1.165, 1.54) is 0 Å². The first-order chi connectivity index (χ1) is 6.54. The van der Waals surface area contributed by atoms with Gasteiger partial charge in [0.2, 0.25) is 0 Å². The van der Waals surface area contributed by atoms with Gasteiger partial charge in [-0.1, -0.05) is 0 Å². The van der Waals surface area contributed by atoms with Crippen LogP contribution in [0.15, 0.2) is 12.1 Å². The van der Waals surface area contributed by atoms with E-state index in [2.05, 4.69) is 4.74 Å². The van der Waals surface area contributed by atoms with Crippen LogP contribution in [0.2, 0.25) is 0 Å². The molecule has 0 bridgehead atoms. The molecule has 0 aliphatic rings. The molecule has 0 fully saturated rings. The Balaban J connectivity index is 3.19. The van der Waals surface area contributed by atoms with Crippen LogP contribution in [-0.2, 0) is 4.79 Å². The quantitative estimate of drug-likeness (QED) is 0.542. The highest BCUT2D eigenvalue weighted by Gasteiger charge is 2.11. The number of phenols is 1. The van der Waals surface area contributed by atoms with Gasteiger partial charge < -0.3 is 9.84 Å². The Hall–Kier alpha value is -2.09. The Bertz CT molecular complexity index is 423. The van der Waals surface area contributed by atoms with Crippen molar-refractivity contribution in [1.82, 2.24) is 0 Å². The maximum atomic E-state index is 12.8. The summed E-state index contributed by atoms with van der Waals surface area (Å²) < 4.78 is 17.4. The summed E-state index contributed by atoms with van der Waals surface area (Å²) in [4.78, 5) is 10.5. The zero-order valence-corrected chi connectivity index (χ0v) is 7.24. The zero-order chi connectivity index (χ0) is 10.7. The third-order valence-corrected chi connectivity index (χ3v) is 1.42. The number of benzene rings is 1. The summed E-state index contributed by atoms with van der Waals surface area (Å²) in [6.45, 7) is 1.13. The number of ether oxygens (including phenoxy) is 1. The lowest BCUT2D eigenvalue weighted by Gasteiger charge is -2.04. The van der Waals surface area contributed by atoms with Gasteiger partial charge in [-0.05, 0) is 0 Å². The minimum atomic E-state index is -0.860. The van der Waals surface area contributed by atoms with Gasteiger partial charge in [0.05, 0.1) is 5.56 Å². The second-order valence-electron chi connectivity index (χ2n) is 2.51. The van der Waals surface area contributed by atoms with E-state index in [4.69, 9.17) is 10.4 Å². The summed E-state index contributed by atoms with van der Waals surface area (Å²) >= 11 is 0. The van der Waals surface area contributed by atoms with Crippen molar-refractivity contribution in [2.45, 2.75) is 6.92 Å². The molecule has 1 rings (SSSR count). The number of halogens is 1. The highest BCUT2D eigenvalue weighted by Crippen LogP contribution is 2.28. The van der Waals surface area contributed by atoms with Crippen LogP contribution in [-0.4, -0.2) is 11.1 Å². The lowest BCUT2D eigenvalue weighted by molar-refractivity contribution is -0.132. The molecule has 72 valence electrons. The average Bonchev–Trinajstić information content (AvgIpc) is 2.09. The van der Waals surface area contributed by atoms with Crippen LogP contribution < -0.4 is 4.74 Å². The first-order valence-electron chi connectivity index (χ1n) is 3.65. The van der Waals surface area contributed by atoms with Crippen molar-refractivity contribution >= 4 is 5.97 Å². The highest BCUT2D eigenvalue weighted by molar-refractivity contribution is 5.70. The summed E-state index contributed by atoms with van der Waals surface area (Å²) in [5, 5.41) is 17.6. The molecule has 0 amide bonds. The predicted octanol–water partition coefficient (Wildman–Crippen LogP) is 1.33. The van der Waals surface area contributed by atoms with Gasteiger partial charge in [0, 0.05) is 19.1 Å². The molecule has 0 heterocycles. The number of esters is 1. The topological polar surface area (TPSA) is 70.3 Å². The Labute approximate surface area is 79.2 Å². The smallest absolute Gasteiger partial charge is 0.308 e. The molecule has 0 saturated heterocycles. The van der Waals surface area contributed by atoms with Crippen molar-refractivity contribution in [3.05, 3.63) is 23.5 Å². The molecule has 1 N–H and O–H groups in total. The minimum Gasteiger partial charge on any atom is -0.504 e. The van der Waals surface area contributed by atoms with Gasteiger partial charge in [0.15, 0.2) is 11.5 Å². The van der Waals surface area contributed by atoms with Crippen molar-refractivity contribution < 1.29 is 19.0 Å². The molecule has 4 nitrogen and oxygen atoms in total. The Morgan fingerprint density at radius 2 is 2.29 bits per heavy atom. The van der Waals surface area contributed by atoms with Crippen molar-refractivity contribution in [1.29, 1.82) is 5.26 Å². The summed E-state index contributed by atoms with van der Waals surface area (Å²) in [5.41, 5.74) is -0.293. The summed E-state index contributed by atoms with van der Waals surface area (Å²) in [5.74, 6) is -2.26. The second-order valence-corrected chi connectivity index (χ2v) is 2.51. The van der Waals surface area contributed by atoms with E-state index in [1.807, 2.05) is 0 Å². The third kappa shape index (κ3) is 1.98. The number of hydrogen-bond donors (Lipinski definition) is 1. The Morgan fingerprint density at radius 1 is 1.64 bits per heavy atom. The van der Waals surface area contributed by atoms with Gasteiger partial charge in [-0.2, -0.15) is 5.26 Å². The Kier molecular flexibility index (Phi) is 2.67. The van der Waals surface area contributed by atoms with E-state index in [9.17, 15) is 9.18 Å². The van der Waals surface area contributed by atoms with Gasteiger partial charge in [0.25, 0.3) is 0 Å². The molecule has 0 aliphatic heterocycles. The molecule has 0 aromatic heterocycles. The number of nitrogens with zero attached hydrogens (tertiary/aromatic N) is 1. The fraction of sp³-hybridized carbons (Fsp3) is 0.111. The highest BCUT2D eigenvalue weighted by atomic mass is 19.1. The van der Waals surface area contributed by atoms with Crippen LogP contribution in [0.1, 0.15) is 12.5 Å². The lowest BCUT2D eigenvalue weighted by atomic mass is 10.2. The van der Waals surface area contributed by atoms with Crippen LogP contribution in [0.5, 0.6) is 11.5 Å². The largest absolute Gasteiger partial charge is 0.504 e. The SMILES string of the molecule is CC(=O)Oc1cc(C#N)c(F)cc1O. The number of phenolic OH excluding ortho intramolecular Hbond substituents is 1. The molecule has 0 aliphatic carbocycles. The second kappa shape index (κ2) is 3.75. The van der Waals surface area contributed by atoms with Crippen molar-refractivity contribution in [3.63, 3.8) is 0 Å². The number of aromatic hydroxyl groups is 1. The molecule has 1 aromatic carbocycles. The molecular weight excluding hydrogens is 189 g/mol. The van der Waals surface area contributed by atoms with Crippen LogP contribution >= 0.6 is 0 Å². The van der Waals surface area contributed by atoms with Crippen molar-refractivity contribution in [2.75, 3.05) is 0 Å². The maximum Gasteiger partial charge on any atom is 0.308 e. The van der Waals surface area contributed by atoms with Crippen LogP contribution in [0, 0.1) is 17.1 Å². The fourth-order valence-corrected chi connectivity index (χ4v) is 0.865. The summed E-state index contributed by atoms with van der Waals surface area (Å²) in [6.07, 6.45) is 0.